The predicted octanol–water partition coefficient (Wildman–Crippen LogP) is -0.647. The molecule has 2 aliphatic rings. The second-order valence-corrected chi connectivity index (χ2v) is 11.6. The van der Waals surface area contributed by atoms with Crippen LogP contribution in [0, 0.1) is 23.0 Å². The molecule has 44 heavy (non-hydrogen) atoms. The number of hydrogen-bond donors (Lipinski definition) is 0. The fourth-order valence-electron chi connectivity index (χ4n) is 4.95. The van der Waals surface area contributed by atoms with Crippen molar-refractivity contribution in [3.05, 3.63) is 131 Å². The minimum absolute atomic E-state index is 0. The number of halogens is 4. The summed E-state index contributed by atoms with van der Waals surface area (Å²) in [6.45, 7) is 21.8. The van der Waals surface area contributed by atoms with Crippen LogP contribution in [-0.2, 0) is 52.4 Å². The molecule has 2 aliphatic carbocycles. The third-order valence-electron chi connectivity index (χ3n) is 8.22. The van der Waals surface area contributed by atoms with Crippen molar-refractivity contribution in [3.8, 4) is 0 Å². The van der Waals surface area contributed by atoms with Gasteiger partial charge in [-0.2, -0.15) is 57.3 Å². The van der Waals surface area contributed by atoms with Crippen LogP contribution in [0.1, 0.15) is 69.2 Å². The molecule has 0 nitrogen and oxygen atoms in total. The van der Waals surface area contributed by atoms with Crippen molar-refractivity contribution in [2.75, 3.05) is 0 Å². The number of fused-ring (bicyclic) bond motifs is 2. The smallest absolute Gasteiger partial charge is 1.00 e. The average Bonchev–Trinajstić information content (AvgIpc) is 3.63. The fraction of sp³-hybridized carbons (Fsp3) is 0.316. The molecule has 4 aromatic carbocycles. The summed E-state index contributed by atoms with van der Waals surface area (Å²) in [5, 5.41) is 5.32. The van der Waals surface area contributed by atoms with E-state index in [-0.39, 0.29) is 113 Å². The van der Waals surface area contributed by atoms with E-state index in [1.807, 2.05) is 0 Å². The Hall–Kier alpha value is -0.454. The normalized spacial score (nSPS) is 14.9. The van der Waals surface area contributed by atoms with Gasteiger partial charge in [0.2, 0.25) is 0 Å². The third-order valence-corrected chi connectivity index (χ3v) is 8.22. The van der Waals surface area contributed by atoms with Gasteiger partial charge in [-0.25, -0.2) is 11.1 Å². The van der Waals surface area contributed by atoms with Gasteiger partial charge < -0.3 is 49.6 Å². The standard InChI is InChI=1S/2C10H15.2C9H7.4ClH.2Zr/c2*1-7-6-10(4,5)9(3)8(7)2;2*1-2-5-9-7-3-6-8(9)4-1;;;;;;/h2*1-5H3;2*1-7H;4*1H;;/q4*-1;;;;;2*+4/p-4. The van der Waals surface area contributed by atoms with E-state index in [2.05, 4.69) is 166 Å². The summed E-state index contributed by atoms with van der Waals surface area (Å²) >= 11 is 0. The molecule has 0 spiro atoms. The van der Waals surface area contributed by atoms with Crippen molar-refractivity contribution in [3.63, 3.8) is 0 Å². The number of benzene rings is 2. The zero-order valence-corrected chi connectivity index (χ0v) is 35.5. The average molecular weight is 825 g/mol. The van der Waals surface area contributed by atoms with E-state index in [1.165, 1.54) is 55.0 Å². The Morgan fingerprint density at radius 2 is 0.773 bits per heavy atom. The maximum atomic E-state index is 3.44. The van der Waals surface area contributed by atoms with Crippen LogP contribution < -0.4 is 49.6 Å². The summed E-state index contributed by atoms with van der Waals surface area (Å²) in [5.74, 6) is 0. The molecule has 0 fully saturated rings. The number of rotatable bonds is 0. The monoisotopic (exact) mass is 820 g/mol. The maximum absolute atomic E-state index is 3.44. The molecule has 0 unspecified atom stereocenters. The van der Waals surface area contributed by atoms with E-state index < -0.39 is 0 Å². The van der Waals surface area contributed by atoms with Crippen LogP contribution in [0.15, 0.2) is 118 Å². The molecule has 4 aromatic rings. The van der Waals surface area contributed by atoms with Gasteiger partial charge in [0.25, 0.3) is 0 Å². The van der Waals surface area contributed by atoms with E-state index in [1.54, 1.807) is 0 Å². The summed E-state index contributed by atoms with van der Waals surface area (Å²) in [6, 6.07) is 29.3. The minimum atomic E-state index is 0. The van der Waals surface area contributed by atoms with E-state index in [9.17, 15) is 0 Å². The molecule has 0 bridgehead atoms. The van der Waals surface area contributed by atoms with Gasteiger partial charge in [0.1, 0.15) is 0 Å². The first-order valence-electron chi connectivity index (χ1n) is 13.6. The predicted molar refractivity (Wildman–Crippen MR) is 168 cm³/mol. The summed E-state index contributed by atoms with van der Waals surface area (Å²) < 4.78 is 0. The second kappa shape index (κ2) is 22.2. The van der Waals surface area contributed by atoms with Crippen LogP contribution >= 0.6 is 0 Å². The van der Waals surface area contributed by atoms with Gasteiger partial charge >= 0.3 is 52.4 Å². The molecule has 0 amide bonds. The van der Waals surface area contributed by atoms with Crippen molar-refractivity contribution < 1.29 is 102 Å². The largest absolute Gasteiger partial charge is 4.00 e. The molecule has 6 rings (SSSR count). The number of allylic oxidation sites excluding steroid dienone is 8. The topological polar surface area (TPSA) is 0 Å². The Morgan fingerprint density at radius 3 is 0.977 bits per heavy atom. The Kier molecular flexibility index (Phi) is 25.4. The fourth-order valence-corrected chi connectivity index (χ4v) is 4.95. The zero-order valence-electron chi connectivity index (χ0n) is 27.6. The summed E-state index contributed by atoms with van der Waals surface area (Å²) in [5.41, 5.74) is 8.79. The molecule has 0 aromatic heterocycles. The van der Waals surface area contributed by atoms with Crippen LogP contribution in [0.3, 0.4) is 0 Å². The Morgan fingerprint density at radius 1 is 0.477 bits per heavy atom. The Bertz CT molecular complexity index is 1350. The first-order valence-corrected chi connectivity index (χ1v) is 13.6. The molecule has 0 atom stereocenters. The van der Waals surface area contributed by atoms with Gasteiger partial charge in [0.15, 0.2) is 0 Å². The zero-order chi connectivity index (χ0) is 28.1. The summed E-state index contributed by atoms with van der Waals surface area (Å²) in [6.07, 6.45) is 6.87. The van der Waals surface area contributed by atoms with Gasteiger partial charge in [-0.15, -0.1) is 73.2 Å². The quantitative estimate of drug-likeness (QED) is 0.207. The molecule has 0 radical (unpaired) electrons. The first kappa shape index (κ1) is 50.4. The van der Waals surface area contributed by atoms with Crippen molar-refractivity contribution in [2.24, 2.45) is 10.8 Å². The third kappa shape index (κ3) is 13.3. The molecule has 232 valence electrons. The van der Waals surface area contributed by atoms with E-state index in [0.29, 0.717) is 0 Å². The van der Waals surface area contributed by atoms with Crippen molar-refractivity contribution >= 4 is 21.5 Å². The maximum Gasteiger partial charge on any atom is 4.00 e. The van der Waals surface area contributed by atoms with Gasteiger partial charge in [-0.05, 0) is 0 Å². The minimum Gasteiger partial charge on any atom is -1.00 e. The summed E-state index contributed by atoms with van der Waals surface area (Å²) in [4.78, 5) is 0. The second-order valence-electron chi connectivity index (χ2n) is 11.6. The molecule has 0 saturated heterocycles. The Labute approximate surface area is 330 Å². The molecule has 6 heteroatoms. The van der Waals surface area contributed by atoms with Gasteiger partial charge in [0, 0.05) is 0 Å². The molecule has 0 heterocycles. The molecule has 0 saturated carbocycles. The SMILES string of the molecule is CC1=[C-]C(C)(C)C(C)=C1C.CC1=[C-]C(C)(C)C(C)=C1C.[Cl-].[Cl-].[Cl-].[Cl-].[Zr+4].[Zr+4].c1ccc2[cH-]ccc2c1.c1ccc2[cH-]ccc2c1. The van der Waals surface area contributed by atoms with Crippen LogP contribution in [0.5, 0.6) is 0 Å². The van der Waals surface area contributed by atoms with Crippen LogP contribution in [0.2, 0.25) is 0 Å². The van der Waals surface area contributed by atoms with Crippen molar-refractivity contribution in [2.45, 2.75) is 69.2 Å². The van der Waals surface area contributed by atoms with E-state index in [4.69, 9.17) is 0 Å². The molecular formula is C38H44Cl4Zr2. The molecule has 0 aliphatic heterocycles. The van der Waals surface area contributed by atoms with Gasteiger partial charge in [0.05, 0.1) is 0 Å². The van der Waals surface area contributed by atoms with Crippen molar-refractivity contribution in [1.82, 2.24) is 0 Å². The molecular weight excluding hydrogens is 781 g/mol. The Balaban J connectivity index is -0.000000232. The number of hydrogen-bond acceptors (Lipinski definition) is 0. The van der Waals surface area contributed by atoms with E-state index in [0.717, 1.165) is 0 Å². The van der Waals surface area contributed by atoms with Gasteiger partial charge in [-0.3, -0.25) is 12.2 Å². The van der Waals surface area contributed by atoms with Crippen LogP contribution in [0.4, 0.5) is 0 Å². The first-order chi connectivity index (χ1) is 17.8. The van der Waals surface area contributed by atoms with Crippen molar-refractivity contribution in [1.29, 1.82) is 0 Å². The van der Waals surface area contributed by atoms with E-state index >= 15 is 0 Å². The van der Waals surface area contributed by atoms with Crippen LogP contribution in [-0.4, -0.2) is 0 Å². The molecule has 0 N–H and O–H groups in total. The van der Waals surface area contributed by atoms with Crippen LogP contribution in [0.25, 0.3) is 21.5 Å². The summed E-state index contributed by atoms with van der Waals surface area (Å²) in [7, 11) is 0. The van der Waals surface area contributed by atoms with Gasteiger partial charge in [-0.1, -0.05) is 78.4 Å².